The molecule has 0 radical (unpaired) electrons. The molecule has 0 aromatic heterocycles. The van der Waals surface area contributed by atoms with E-state index in [1.54, 1.807) is 0 Å². The van der Waals surface area contributed by atoms with Crippen molar-refractivity contribution < 1.29 is 9.84 Å². The Kier molecular flexibility index (Phi) is 4.17. The highest BCUT2D eigenvalue weighted by molar-refractivity contribution is 9.11. The zero-order valence-corrected chi connectivity index (χ0v) is 13.7. The number of benzene rings is 1. The molecular formula is C14H17Br2NO2. The van der Waals surface area contributed by atoms with Crippen LogP contribution < -0.4 is 5.32 Å². The van der Waals surface area contributed by atoms with Gasteiger partial charge >= 0.3 is 0 Å². The Morgan fingerprint density at radius 2 is 1.89 bits per heavy atom. The van der Waals surface area contributed by atoms with Crippen LogP contribution in [0.1, 0.15) is 24.8 Å². The van der Waals surface area contributed by atoms with Crippen molar-refractivity contribution in [1.82, 2.24) is 5.32 Å². The van der Waals surface area contributed by atoms with Crippen LogP contribution in [-0.2, 0) is 11.3 Å². The molecule has 2 N–H and O–H groups in total. The van der Waals surface area contributed by atoms with E-state index in [9.17, 15) is 5.11 Å². The molecule has 1 saturated heterocycles. The van der Waals surface area contributed by atoms with E-state index in [4.69, 9.17) is 4.74 Å². The molecule has 19 heavy (non-hydrogen) atoms. The molecule has 1 heterocycles. The SMILES string of the molecule is Oc1c(Br)cc(CNC2CCOC2C2CC2)cc1Br. The smallest absolute Gasteiger partial charge is 0.143 e. The molecule has 5 heteroatoms. The molecule has 0 spiro atoms. The molecule has 1 aromatic carbocycles. The van der Waals surface area contributed by atoms with Crippen molar-refractivity contribution in [2.24, 2.45) is 5.92 Å². The van der Waals surface area contributed by atoms with Crippen molar-refractivity contribution in [2.75, 3.05) is 6.61 Å². The first-order valence-corrected chi connectivity index (χ1v) is 8.25. The van der Waals surface area contributed by atoms with Crippen LogP contribution in [0.15, 0.2) is 21.1 Å². The van der Waals surface area contributed by atoms with Gasteiger partial charge in [0, 0.05) is 19.2 Å². The predicted octanol–water partition coefficient (Wildman–Crippen LogP) is 3.57. The molecular weight excluding hydrogens is 374 g/mol. The highest BCUT2D eigenvalue weighted by atomic mass is 79.9. The van der Waals surface area contributed by atoms with Crippen LogP contribution in [0.25, 0.3) is 0 Å². The quantitative estimate of drug-likeness (QED) is 0.825. The van der Waals surface area contributed by atoms with Crippen LogP contribution in [0.2, 0.25) is 0 Å². The number of halogens is 2. The van der Waals surface area contributed by atoms with E-state index in [1.165, 1.54) is 12.8 Å². The molecule has 1 saturated carbocycles. The van der Waals surface area contributed by atoms with E-state index in [1.807, 2.05) is 12.1 Å². The van der Waals surface area contributed by atoms with Crippen molar-refractivity contribution in [3.63, 3.8) is 0 Å². The average Bonchev–Trinajstić information content (AvgIpc) is 3.12. The third-order valence-electron chi connectivity index (χ3n) is 3.87. The van der Waals surface area contributed by atoms with E-state index in [0.29, 0.717) is 12.1 Å². The maximum atomic E-state index is 9.70. The van der Waals surface area contributed by atoms with Gasteiger partial charge in [-0.05, 0) is 74.7 Å². The number of rotatable bonds is 4. The molecule has 3 nitrogen and oxygen atoms in total. The molecule has 3 rings (SSSR count). The summed E-state index contributed by atoms with van der Waals surface area (Å²) in [5.41, 5.74) is 1.15. The summed E-state index contributed by atoms with van der Waals surface area (Å²) in [6.07, 6.45) is 4.14. The molecule has 104 valence electrons. The van der Waals surface area contributed by atoms with E-state index in [-0.39, 0.29) is 5.75 Å². The lowest BCUT2D eigenvalue weighted by molar-refractivity contribution is 0.0809. The second-order valence-electron chi connectivity index (χ2n) is 5.36. The fourth-order valence-electron chi connectivity index (χ4n) is 2.69. The highest BCUT2D eigenvalue weighted by Crippen LogP contribution is 2.39. The molecule has 1 aromatic rings. The van der Waals surface area contributed by atoms with Crippen molar-refractivity contribution >= 4 is 31.9 Å². The van der Waals surface area contributed by atoms with Gasteiger partial charge in [-0.3, -0.25) is 0 Å². The van der Waals surface area contributed by atoms with Gasteiger partial charge in [-0.15, -0.1) is 0 Å². The Bertz CT molecular complexity index is 454. The van der Waals surface area contributed by atoms with Crippen LogP contribution >= 0.6 is 31.9 Å². The van der Waals surface area contributed by atoms with Crippen LogP contribution in [0.5, 0.6) is 5.75 Å². The number of aromatic hydroxyl groups is 1. The van der Waals surface area contributed by atoms with Crippen LogP contribution in [0.4, 0.5) is 0 Å². The fourth-order valence-corrected chi connectivity index (χ4v) is 3.97. The Morgan fingerprint density at radius 1 is 1.21 bits per heavy atom. The van der Waals surface area contributed by atoms with Gasteiger partial charge in [0.15, 0.2) is 0 Å². The third kappa shape index (κ3) is 3.15. The lowest BCUT2D eigenvalue weighted by Crippen LogP contribution is -2.37. The van der Waals surface area contributed by atoms with Gasteiger partial charge in [-0.1, -0.05) is 0 Å². The van der Waals surface area contributed by atoms with Gasteiger partial charge in [0.2, 0.25) is 0 Å². The molecule has 2 atom stereocenters. The average molecular weight is 391 g/mol. The number of phenolic OH excluding ortho intramolecular Hbond substituents is 1. The standard InChI is InChI=1S/C14H17Br2NO2/c15-10-5-8(6-11(16)13(10)18)7-17-12-3-4-19-14(12)9-1-2-9/h5-6,9,12,14,17-18H,1-4,7H2. The highest BCUT2D eigenvalue weighted by Gasteiger charge is 2.40. The summed E-state index contributed by atoms with van der Waals surface area (Å²) in [4.78, 5) is 0. The Hall–Kier alpha value is -0.100. The van der Waals surface area contributed by atoms with Gasteiger partial charge in [0.05, 0.1) is 15.0 Å². The molecule has 2 aliphatic rings. The summed E-state index contributed by atoms with van der Waals surface area (Å²) in [7, 11) is 0. The van der Waals surface area contributed by atoms with Gasteiger partial charge in [0.25, 0.3) is 0 Å². The first-order chi connectivity index (χ1) is 9.15. The van der Waals surface area contributed by atoms with E-state index < -0.39 is 0 Å². The largest absolute Gasteiger partial charge is 0.506 e. The molecule has 2 unspecified atom stereocenters. The van der Waals surface area contributed by atoms with Gasteiger partial charge < -0.3 is 15.2 Å². The third-order valence-corrected chi connectivity index (χ3v) is 5.08. The Labute approximate surface area is 130 Å². The summed E-state index contributed by atoms with van der Waals surface area (Å²) in [5.74, 6) is 1.03. The topological polar surface area (TPSA) is 41.5 Å². The number of ether oxygens (including phenoxy) is 1. The summed E-state index contributed by atoms with van der Waals surface area (Å²) in [6, 6.07) is 4.38. The van der Waals surface area contributed by atoms with Gasteiger partial charge in [0.1, 0.15) is 5.75 Å². The van der Waals surface area contributed by atoms with Crippen molar-refractivity contribution in [2.45, 2.75) is 38.0 Å². The zero-order valence-electron chi connectivity index (χ0n) is 10.5. The maximum Gasteiger partial charge on any atom is 0.143 e. The lowest BCUT2D eigenvalue weighted by atomic mass is 10.1. The van der Waals surface area contributed by atoms with E-state index in [0.717, 1.165) is 40.0 Å². The second kappa shape index (κ2) is 5.72. The van der Waals surface area contributed by atoms with Gasteiger partial charge in [-0.2, -0.15) is 0 Å². The molecule has 1 aliphatic heterocycles. The lowest BCUT2D eigenvalue weighted by Gasteiger charge is -2.19. The summed E-state index contributed by atoms with van der Waals surface area (Å²) in [5, 5.41) is 13.3. The van der Waals surface area contributed by atoms with Crippen molar-refractivity contribution in [1.29, 1.82) is 0 Å². The first kappa shape index (κ1) is 13.9. The minimum Gasteiger partial charge on any atom is -0.506 e. The summed E-state index contributed by atoms with van der Waals surface area (Å²) < 4.78 is 7.27. The molecule has 1 aliphatic carbocycles. The fraction of sp³-hybridized carbons (Fsp3) is 0.571. The number of phenols is 1. The van der Waals surface area contributed by atoms with E-state index in [2.05, 4.69) is 37.2 Å². The van der Waals surface area contributed by atoms with Crippen molar-refractivity contribution in [3.05, 3.63) is 26.6 Å². The van der Waals surface area contributed by atoms with Crippen LogP contribution in [-0.4, -0.2) is 23.9 Å². The second-order valence-corrected chi connectivity index (χ2v) is 7.07. The maximum absolute atomic E-state index is 9.70. The summed E-state index contributed by atoms with van der Waals surface area (Å²) in [6.45, 7) is 1.68. The molecule has 0 bridgehead atoms. The monoisotopic (exact) mass is 389 g/mol. The van der Waals surface area contributed by atoms with Crippen LogP contribution in [0, 0.1) is 5.92 Å². The number of nitrogens with one attached hydrogen (secondary N) is 1. The zero-order chi connectivity index (χ0) is 13.4. The first-order valence-electron chi connectivity index (χ1n) is 6.67. The minimum atomic E-state index is 0.254. The van der Waals surface area contributed by atoms with Crippen molar-refractivity contribution in [3.8, 4) is 5.75 Å². The van der Waals surface area contributed by atoms with E-state index >= 15 is 0 Å². The molecule has 0 amide bonds. The predicted molar refractivity (Wildman–Crippen MR) is 81.2 cm³/mol. The molecule has 2 fully saturated rings. The Balaban J connectivity index is 1.62. The van der Waals surface area contributed by atoms with Gasteiger partial charge in [-0.25, -0.2) is 0 Å². The Morgan fingerprint density at radius 3 is 2.53 bits per heavy atom. The van der Waals surface area contributed by atoms with Crippen LogP contribution in [0.3, 0.4) is 0 Å². The normalized spacial score (nSPS) is 26.8. The summed E-state index contributed by atoms with van der Waals surface area (Å²) >= 11 is 6.73. The number of hydrogen-bond acceptors (Lipinski definition) is 3. The number of hydrogen-bond donors (Lipinski definition) is 2. The minimum absolute atomic E-state index is 0.254.